The first kappa shape index (κ1) is 36.3. The smallest absolute Gasteiger partial charge is 0.194 e. The summed E-state index contributed by atoms with van der Waals surface area (Å²) >= 11 is 0. The van der Waals surface area contributed by atoms with Gasteiger partial charge in [0.2, 0.25) is 0 Å². The SMILES string of the molecule is CCCC(C)(CCCC(C)C(C)(C)CC)c1ccc2c(c1)C(=O)c1ccc(C(C)(CC)CCCC(C)C(C)(C)C)cc1C2=O. The van der Waals surface area contributed by atoms with Crippen LogP contribution >= 0.6 is 0 Å². The molecule has 0 fully saturated rings. The van der Waals surface area contributed by atoms with Crippen molar-refractivity contribution in [3.8, 4) is 0 Å². The predicted octanol–water partition coefficient (Wildman–Crippen LogP) is 12.3. The molecule has 2 aromatic rings. The number of carbonyl (C=O) groups excluding carboxylic acids is 2. The molecular weight excluding hydrogens is 536 g/mol. The van der Waals surface area contributed by atoms with E-state index in [-0.39, 0.29) is 22.4 Å². The number of ketones is 2. The molecule has 3 rings (SSSR count). The van der Waals surface area contributed by atoms with Gasteiger partial charge in [0.15, 0.2) is 11.6 Å². The average molecular weight is 601 g/mol. The third kappa shape index (κ3) is 7.76. The quantitative estimate of drug-likeness (QED) is 0.174. The van der Waals surface area contributed by atoms with Gasteiger partial charge >= 0.3 is 0 Å². The Balaban J connectivity index is 1.86. The molecule has 0 saturated carbocycles. The summed E-state index contributed by atoms with van der Waals surface area (Å²) in [6.07, 6.45) is 11.3. The number of benzene rings is 2. The van der Waals surface area contributed by atoms with Crippen LogP contribution in [-0.4, -0.2) is 11.6 Å². The molecule has 1 aliphatic rings. The van der Waals surface area contributed by atoms with Crippen LogP contribution in [0.5, 0.6) is 0 Å². The van der Waals surface area contributed by atoms with E-state index >= 15 is 0 Å². The first-order chi connectivity index (χ1) is 20.4. The normalized spacial score (nSPS) is 17.8. The molecular formula is C42H64O2. The fourth-order valence-corrected chi connectivity index (χ4v) is 7.16. The zero-order valence-corrected chi connectivity index (χ0v) is 30.5. The summed E-state index contributed by atoms with van der Waals surface area (Å²) in [5.41, 5.74) is 5.31. The maximum atomic E-state index is 14.0. The van der Waals surface area contributed by atoms with Crippen molar-refractivity contribution in [2.24, 2.45) is 22.7 Å². The van der Waals surface area contributed by atoms with Crippen LogP contribution in [-0.2, 0) is 10.8 Å². The summed E-state index contributed by atoms with van der Waals surface area (Å²) < 4.78 is 0. The molecule has 0 saturated heterocycles. The molecule has 0 aliphatic heterocycles. The van der Waals surface area contributed by atoms with Crippen LogP contribution in [0.15, 0.2) is 36.4 Å². The third-order valence-electron chi connectivity index (χ3n) is 12.4. The Kier molecular flexibility index (Phi) is 11.6. The van der Waals surface area contributed by atoms with E-state index in [4.69, 9.17) is 0 Å². The molecule has 2 heteroatoms. The van der Waals surface area contributed by atoms with Crippen molar-refractivity contribution in [2.45, 2.75) is 158 Å². The maximum Gasteiger partial charge on any atom is 0.194 e. The second-order valence-electron chi connectivity index (χ2n) is 16.7. The first-order valence-electron chi connectivity index (χ1n) is 17.8. The molecule has 0 N–H and O–H groups in total. The summed E-state index contributed by atoms with van der Waals surface area (Å²) in [5.74, 6) is 1.32. The molecule has 4 unspecified atom stereocenters. The predicted molar refractivity (Wildman–Crippen MR) is 189 cm³/mol. The lowest BCUT2D eigenvalue weighted by molar-refractivity contribution is 0.0978. The molecule has 0 spiro atoms. The van der Waals surface area contributed by atoms with E-state index in [2.05, 4.69) is 101 Å². The van der Waals surface area contributed by atoms with Crippen molar-refractivity contribution >= 4 is 11.6 Å². The lowest BCUT2D eigenvalue weighted by Gasteiger charge is -2.34. The van der Waals surface area contributed by atoms with Gasteiger partial charge in [-0.3, -0.25) is 9.59 Å². The van der Waals surface area contributed by atoms with E-state index in [1.54, 1.807) is 0 Å². The fourth-order valence-electron chi connectivity index (χ4n) is 7.16. The van der Waals surface area contributed by atoms with Crippen LogP contribution in [0.4, 0.5) is 0 Å². The highest BCUT2D eigenvalue weighted by molar-refractivity contribution is 6.28. The highest BCUT2D eigenvalue weighted by Crippen LogP contribution is 2.41. The molecule has 0 heterocycles. The van der Waals surface area contributed by atoms with Gasteiger partial charge in [0.05, 0.1) is 0 Å². The van der Waals surface area contributed by atoms with Gasteiger partial charge in [-0.15, -0.1) is 0 Å². The van der Waals surface area contributed by atoms with E-state index in [0.717, 1.165) is 38.5 Å². The maximum absolute atomic E-state index is 14.0. The lowest BCUT2D eigenvalue weighted by Crippen LogP contribution is -2.27. The minimum atomic E-state index is -0.0219. The lowest BCUT2D eigenvalue weighted by atomic mass is 9.70. The summed E-state index contributed by atoms with van der Waals surface area (Å²) in [6, 6.07) is 12.3. The van der Waals surface area contributed by atoms with Crippen LogP contribution in [0, 0.1) is 22.7 Å². The fraction of sp³-hybridized carbons (Fsp3) is 0.667. The van der Waals surface area contributed by atoms with Crippen LogP contribution in [0.1, 0.15) is 190 Å². The summed E-state index contributed by atoms with van der Waals surface area (Å²) in [5, 5.41) is 0. The average Bonchev–Trinajstić information content (AvgIpc) is 2.98. The summed E-state index contributed by atoms with van der Waals surface area (Å²) in [4.78, 5) is 27.9. The number of hydrogen-bond acceptors (Lipinski definition) is 2. The van der Waals surface area contributed by atoms with Gasteiger partial charge in [0.25, 0.3) is 0 Å². The largest absolute Gasteiger partial charge is 0.289 e. The van der Waals surface area contributed by atoms with Gasteiger partial charge in [-0.05, 0) is 94.6 Å². The van der Waals surface area contributed by atoms with E-state index in [9.17, 15) is 9.59 Å². The second-order valence-corrected chi connectivity index (χ2v) is 16.7. The summed E-state index contributed by atoms with van der Waals surface area (Å²) in [7, 11) is 0. The van der Waals surface area contributed by atoms with Crippen molar-refractivity contribution in [1.82, 2.24) is 0 Å². The Morgan fingerprint density at radius 1 is 0.568 bits per heavy atom. The zero-order chi connectivity index (χ0) is 33.1. The van der Waals surface area contributed by atoms with Crippen molar-refractivity contribution in [1.29, 1.82) is 0 Å². The molecule has 1 aliphatic carbocycles. The monoisotopic (exact) mass is 600 g/mol. The van der Waals surface area contributed by atoms with Gasteiger partial charge < -0.3 is 0 Å². The Hall–Kier alpha value is -2.22. The van der Waals surface area contributed by atoms with Gasteiger partial charge in [-0.2, -0.15) is 0 Å². The van der Waals surface area contributed by atoms with Crippen LogP contribution in [0.2, 0.25) is 0 Å². The van der Waals surface area contributed by atoms with E-state index in [1.807, 2.05) is 18.2 Å². The summed E-state index contributed by atoms with van der Waals surface area (Å²) in [6.45, 7) is 27.9. The van der Waals surface area contributed by atoms with Gasteiger partial charge in [-0.25, -0.2) is 0 Å². The number of hydrogen-bond donors (Lipinski definition) is 0. The van der Waals surface area contributed by atoms with Crippen LogP contribution in [0.25, 0.3) is 0 Å². The minimum Gasteiger partial charge on any atom is -0.289 e. The highest BCUT2D eigenvalue weighted by atomic mass is 16.1. The van der Waals surface area contributed by atoms with E-state index in [1.165, 1.54) is 36.8 Å². The van der Waals surface area contributed by atoms with Crippen molar-refractivity contribution in [3.05, 3.63) is 69.8 Å². The molecule has 44 heavy (non-hydrogen) atoms. The number of fused-ring (bicyclic) bond motifs is 2. The Bertz CT molecular complexity index is 1310. The number of rotatable bonds is 15. The Morgan fingerprint density at radius 2 is 1.02 bits per heavy atom. The highest BCUT2D eigenvalue weighted by Gasteiger charge is 2.35. The van der Waals surface area contributed by atoms with Gasteiger partial charge in [0, 0.05) is 22.3 Å². The van der Waals surface area contributed by atoms with Gasteiger partial charge in [-0.1, -0.05) is 134 Å². The number of carbonyl (C=O) groups is 2. The Morgan fingerprint density at radius 3 is 1.45 bits per heavy atom. The molecule has 0 amide bonds. The molecule has 0 radical (unpaired) electrons. The molecule has 244 valence electrons. The van der Waals surface area contributed by atoms with Crippen LogP contribution < -0.4 is 0 Å². The molecule has 2 nitrogen and oxygen atoms in total. The van der Waals surface area contributed by atoms with E-state index in [0.29, 0.717) is 44.9 Å². The molecule has 0 bridgehead atoms. The standard InChI is InChI=1S/C42H64O2/c1-13-24-42(12,26-17-19-30(5)40(9,10)14-2)32-21-23-34-36(28-32)38(44)33-22-20-31(27-35(33)37(34)43)41(11,15-3)25-16-18-29(4)39(6,7)8/h20-23,27-30H,13-19,24-26H2,1-12H3. The van der Waals surface area contributed by atoms with Crippen LogP contribution in [0.3, 0.4) is 0 Å². The molecule has 4 atom stereocenters. The topological polar surface area (TPSA) is 34.1 Å². The van der Waals surface area contributed by atoms with E-state index < -0.39 is 0 Å². The zero-order valence-electron chi connectivity index (χ0n) is 30.5. The van der Waals surface area contributed by atoms with Crippen molar-refractivity contribution < 1.29 is 9.59 Å². The Labute approximate surface area is 271 Å². The van der Waals surface area contributed by atoms with Crippen molar-refractivity contribution in [2.75, 3.05) is 0 Å². The van der Waals surface area contributed by atoms with Crippen molar-refractivity contribution in [3.63, 3.8) is 0 Å². The molecule has 2 aromatic carbocycles. The minimum absolute atomic E-state index is 0.00244. The molecule has 0 aromatic heterocycles. The first-order valence-corrected chi connectivity index (χ1v) is 17.8. The van der Waals surface area contributed by atoms with Gasteiger partial charge in [0.1, 0.15) is 0 Å². The second kappa shape index (κ2) is 14.0. The third-order valence-corrected chi connectivity index (χ3v) is 12.4.